The molecule has 162 valence electrons. The molecule has 4 N–H and O–H groups in total. The number of sulfonamides is 1. The fourth-order valence-electron chi connectivity index (χ4n) is 3.17. The number of benzene rings is 2. The van der Waals surface area contributed by atoms with Gasteiger partial charge in [0.1, 0.15) is 11.6 Å². The zero-order chi connectivity index (χ0) is 21.7. The van der Waals surface area contributed by atoms with Crippen LogP contribution >= 0.6 is 0 Å². The molecule has 3 rings (SSSR count). The fraction of sp³-hybridized carbons (Fsp3) is 0.350. The van der Waals surface area contributed by atoms with Gasteiger partial charge in [-0.2, -0.15) is 0 Å². The second-order valence-corrected chi connectivity index (χ2v) is 8.74. The molecule has 0 spiro atoms. The van der Waals surface area contributed by atoms with Gasteiger partial charge in [-0.05, 0) is 55.8 Å². The van der Waals surface area contributed by atoms with E-state index in [-0.39, 0.29) is 12.4 Å². The number of rotatable bonds is 8. The van der Waals surface area contributed by atoms with Gasteiger partial charge in [0.2, 0.25) is 5.91 Å². The van der Waals surface area contributed by atoms with Crippen LogP contribution in [0, 0.1) is 11.7 Å². The Hall–Kier alpha value is -2.69. The zero-order valence-corrected chi connectivity index (χ0v) is 17.5. The Morgan fingerprint density at radius 1 is 1.20 bits per heavy atom. The first-order valence-electron chi connectivity index (χ1n) is 9.59. The third-order valence-electron chi connectivity index (χ3n) is 4.76. The van der Waals surface area contributed by atoms with Gasteiger partial charge in [-0.1, -0.05) is 12.1 Å². The van der Waals surface area contributed by atoms with E-state index in [1.807, 2.05) is 6.92 Å². The van der Waals surface area contributed by atoms with Crippen LogP contribution in [0.5, 0.6) is 5.75 Å². The van der Waals surface area contributed by atoms with Crippen molar-refractivity contribution in [2.75, 3.05) is 17.9 Å². The maximum atomic E-state index is 13.1. The van der Waals surface area contributed by atoms with E-state index in [2.05, 4.69) is 20.9 Å². The Balaban J connectivity index is 1.67. The molecule has 8 nitrogen and oxygen atoms in total. The summed E-state index contributed by atoms with van der Waals surface area (Å²) in [6.45, 7) is 4.27. The maximum Gasteiger partial charge on any atom is 0.250 e. The summed E-state index contributed by atoms with van der Waals surface area (Å²) >= 11 is 0. The van der Waals surface area contributed by atoms with Gasteiger partial charge in [0, 0.05) is 12.2 Å². The normalized spacial score (nSPS) is 19.8. The lowest BCUT2D eigenvalue weighted by Gasteiger charge is -2.22. The standard InChI is InChI=1S/C20H25FN4O4S/c1-3-29-17-10-8-16(9-11-17)25-30(27,28)20-18(12-22-24-20)19(26)23-13(2)14-4-6-15(21)7-5-14/h4-11,13,18,20,22,24-25H,3,12H2,1-2H3,(H,23,26). The van der Waals surface area contributed by atoms with Gasteiger partial charge in [-0.3, -0.25) is 14.9 Å². The highest BCUT2D eigenvalue weighted by atomic mass is 32.2. The van der Waals surface area contributed by atoms with E-state index < -0.39 is 33.3 Å². The van der Waals surface area contributed by atoms with E-state index in [4.69, 9.17) is 4.74 Å². The molecule has 0 radical (unpaired) electrons. The van der Waals surface area contributed by atoms with Crippen LogP contribution < -0.4 is 25.6 Å². The molecule has 1 aliphatic rings. The van der Waals surface area contributed by atoms with E-state index in [0.717, 1.165) is 5.56 Å². The average Bonchev–Trinajstić information content (AvgIpc) is 3.21. The quantitative estimate of drug-likeness (QED) is 0.503. The molecule has 0 bridgehead atoms. The SMILES string of the molecule is CCOc1ccc(NS(=O)(=O)C2NNCC2C(=O)NC(C)c2ccc(F)cc2)cc1. The number of ether oxygens (including phenoxy) is 1. The molecule has 3 atom stereocenters. The number of hydrazine groups is 1. The number of hydrogen-bond donors (Lipinski definition) is 4. The number of carbonyl (C=O) groups excluding carboxylic acids is 1. The minimum Gasteiger partial charge on any atom is -0.494 e. The first kappa shape index (κ1) is 22.0. The Labute approximate surface area is 175 Å². The van der Waals surface area contributed by atoms with Gasteiger partial charge < -0.3 is 10.1 Å². The number of nitrogens with one attached hydrogen (secondary N) is 4. The van der Waals surface area contributed by atoms with E-state index in [1.165, 1.54) is 12.1 Å². The number of amides is 1. The predicted octanol–water partition coefficient (Wildman–Crippen LogP) is 1.89. The van der Waals surface area contributed by atoms with Crippen molar-refractivity contribution in [3.05, 3.63) is 59.9 Å². The van der Waals surface area contributed by atoms with Crippen LogP contribution in [0.15, 0.2) is 48.5 Å². The molecule has 1 saturated heterocycles. The van der Waals surface area contributed by atoms with Crippen LogP contribution in [0.3, 0.4) is 0 Å². The third kappa shape index (κ3) is 5.26. The fourth-order valence-corrected chi connectivity index (χ4v) is 4.65. The van der Waals surface area contributed by atoms with E-state index >= 15 is 0 Å². The summed E-state index contributed by atoms with van der Waals surface area (Å²) in [5.41, 5.74) is 6.49. The minimum absolute atomic E-state index is 0.150. The van der Waals surface area contributed by atoms with Crippen LogP contribution in [0.25, 0.3) is 0 Å². The lowest BCUT2D eigenvalue weighted by Crippen LogP contribution is -2.46. The van der Waals surface area contributed by atoms with Gasteiger partial charge in [0.15, 0.2) is 5.37 Å². The highest BCUT2D eigenvalue weighted by Gasteiger charge is 2.42. The van der Waals surface area contributed by atoms with Crippen molar-refractivity contribution in [3.8, 4) is 5.75 Å². The van der Waals surface area contributed by atoms with Crippen molar-refractivity contribution >= 4 is 21.6 Å². The summed E-state index contributed by atoms with van der Waals surface area (Å²) in [4.78, 5) is 12.7. The number of hydrogen-bond acceptors (Lipinski definition) is 6. The number of carbonyl (C=O) groups is 1. The van der Waals surface area contributed by atoms with Crippen molar-refractivity contribution in [1.82, 2.24) is 16.2 Å². The van der Waals surface area contributed by atoms with Crippen molar-refractivity contribution in [3.63, 3.8) is 0 Å². The van der Waals surface area contributed by atoms with Crippen LogP contribution in [0.4, 0.5) is 10.1 Å². The number of anilines is 1. The van der Waals surface area contributed by atoms with Gasteiger partial charge in [0.25, 0.3) is 10.0 Å². The van der Waals surface area contributed by atoms with Crippen LogP contribution in [0.2, 0.25) is 0 Å². The van der Waals surface area contributed by atoms with E-state index in [0.29, 0.717) is 18.0 Å². The monoisotopic (exact) mass is 436 g/mol. The summed E-state index contributed by atoms with van der Waals surface area (Å²) in [6, 6.07) is 11.9. The predicted molar refractivity (Wildman–Crippen MR) is 112 cm³/mol. The van der Waals surface area contributed by atoms with Crippen molar-refractivity contribution < 1.29 is 22.3 Å². The highest BCUT2D eigenvalue weighted by molar-refractivity contribution is 7.93. The first-order chi connectivity index (χ1) is 14.3. The molecule has 0 aliphatic carbocycles. The van der Waals surface area contributed by atoms with Gasteiger partial charge in [-0.15, -0.1) is 0 Å². The summed E-state index contributed by atoms with van der Waals surface area (Å²) in [6.07, 6.45) is 0. The zero-order valence-electron chi connectivity index (χ0n) is 16.7. The summed E-state index contributed by atoms with van der Waals surface area (Å²) in [5.74, 6) is -1.01. The van der Waals surface area contributed by atoms with Crippen LogP contribution in [-0.2, 0) is 14.8 Å². The lowest BCUT2D eigenvalue weighted by atomic mass is 10.1. The molecule has 1 heterocycles. The van der Waals surface area contributed by atoms with Crippen LogP contribution in [-0.4, -0.2) is 32.9 Å². The highest BCUT2D eigenvalue weighted by Crippen LogP contribution is 2.22. The smallest absolute Gasteiger partial charge is 0.250 e. The Bertz CT molecular complexity index is 967. The molecule has 3 unspecified atom stereocenters. The molecule has 10 heteroatoms. The van der Waals surface area contributed by atoms with Crippen molar-refractivity contribution in [1.29, 1.82) is 0 Å². The largest absolute Gasteiger partial charge is 0.494 e. The molecular weight excluding hydrogens is 411 g/mol. The Kier molecular flexibility index (Phi) is 6.91. The molecule has 1 fully saturated rings. The third-order valence-corrected chi connectivity index (χ3v) is 6.39. The Morgan fingerprint density at radius 2 is 1.87 bits per heavy atom. The molecule has 0 saturated carbocycles. The Morgan fingerprint density at radius 3 is 2.50 bits per heavy atom. The van der Waals surface area contributed by atoms with Crippen molar-refractivity contribution in [2.45, 2.75) is 25.3 Å². The molecule has 2 aromatic carbocycles. The maximum absolute atomic E-state index is 13.1. The van der Waals surface area contributed by atoms with Crippen molar-refractivity contribution in [2.24, 2.45) is 5.92 Å². The summed E-state index contributed by atoms with van der Waals surface area (Å²) < 4.78 is 46.6. The van der Waals surface area contributed by atoms with E-state index in [9.17, 15) is 17.6 Å². The average molecular weight is 437 g/mol. The molecule has 1 aliphatic heterocycles. The minimum atomic E-state index is -3.91. The van der Waals surface area contributed by atoms with E-state index in [1.54, 1.807) is 43.3 Å². The van der Waals surface area contributed by atoms with Gasteiger partial charge >= 0.3 is 0 Å². The molecule has 0 aromatic heterocycles. The molecule has 1 amide bonds. The molecule has 2 aromatic rings. The second-order valence-electron chi connectivity index (χ2n) is 6.94. The number of halogens is 1. The molecule has 30 heavy (non-hydrogen) atoms. The first-order valence-corrected chi connectivity index (χ1v) is 11.1. The van der Waals surface area contributed by atoms with Gasteiger partial charge in [-0.25, -0.2) is 18.2 Å². The molecular formula is C20H25FN4O4S. The lowest BCUT2D eigenvalue weighted by molar-refractivity contribution is -0.125. The van der Waals surface area contributed by atoms with Crippen LogP contribution in [0.1, 0.15) is 25.5 Å². The summed E-state index contributed by atoms with van der Waals surface area (Å²) in [5, 5.41) is 1.63. The summed E-state index contributed by atoms with van der Waals surface area (Å²) in [7, 11) is -3.91. The topological polar surface area (TPSA) is 109 Å². The second kappa shape index (κ2) is 9.41. The van der Waals surface area contributed by atoms with Gasteiger partial charge in [0.05, 0.1) is 18.6 Å².